The first-order chi connectivity index (χ1) is 8.90. The molecule has 104 valence electrons. The average Bonchev–Trinajstić information content (AvgIpc) is 2.70. The first-order valence-corrected chi connectivity index (χ1v) is 6.64. The maximum absolute atomic E-state index is 12.1. The molecule has 4 nitrogen and oxygen atoms in total. The van der Waals surface area contributed by atoms with Crippen LogP contribution in [0.2, 0.25) is 0 Å². The normalized spacial score (nSPS) is 14.4. The van der Waals surface area contributed by atoms with E-state index in [1.807, 2.05) is 32.9 Å². The van der Waals surface area contributed by atoms with Gasteiger partial charge < -0.3 is 9.84 Å². The SMILES string of the molecule is CC(C)(C)OC(=O)N1CCc2cc(CCO)ccc21. The minimum absolute atomic E-state index is 0.147. The second kappa shape index (κ2) is 5.21. The minimum atomic E-state index is -0.476. The summed E-state index contributed by atoms with van der Waals surface area (Å²) in [7, 11) is 0. The maximum Gasteiger partial charge on any atom is 0.414 e. The van der Waals surface area contributed by atoms with Crippen molar-refractivity contribution >= 4 is 11.8 Å². The fourth-order valence-corrected chi connectivity index (χ4v) is 2.25. The number of fused-ring (bicyclic) bond motifs is 1. The molecule has 0 aromatic heterocycles. The molecule has 4 heteroatoms. The predicted molar refractivity (Wildman–Crippen MR) is 74.5 cm³/mol. The molecule has 0 unspecified atom stereocenters. The molecule has 1 aromatic rings. The summed E-state index contributed by atoms with van der Waals surface area (Å²) in [5, 5.41) is 8.95. The molecule has 0 aliphatic carbocycles. The van der Waals surface area contributed by atoms with Gasteiger partial charge in [-0.2, -0.15) is 0 Å². The van der Waals surface area contributed by atoms with E-state index >= 15 is 0 Å². The van der Waals surface area contributed by atoms with E-state index in [4.69, 9.17) is 9.84 Å². The molecule has 0 saturated heterocycles. The van der Waals surface area contributed by atoms with Gasteiger partial charge in [0.05, 0.1) is 5.69 Å². The predicted octanol–water partition coefficient (Wildman–Crippen LogP) is 2.52. The summed E-state index contributed by atoms with van der Waals surface area (Å²) in [5.74, 6) is 0. The van der Waals surface area contributed by atoms with Gasteiger partial charge in [0.25, 0.3) is 0 Å². The molecule has 0 spiro atoms. The van der Waals surface area contributed by atoms with Crippen LogP contribution in [0.4, 0.5) is 10.5 Å². The van der Waals surface area contributed by atoms with Crippen molar-refractivity contribution in [3.63, 3.8) is 0 Å². The number of nitrogens with zero attached hydrogens (tertiary/aromatic N) is 1. The van der Waals surface area contributed by atoms with Gasteiger partial charge >= 0.3 is 6.09 Å². The number of hydrogen-bond donors (Lipinski definition) is 1. The van der Waals surface area contributed by atoms with E-state index in [1.165, 1.54) is 0 Å². The Balaban J connectivity index is 2.16. The van der Waals surface area contributed by atoms with Gasteiger partial charge in [0.2, 0.25) is 0 Å². The Morgan fingerprint density at radius 3 is 2.79 bits per heavy atom. The molecule has 0 fully saturated rings. The van der Waals surface area contributed by atoms with Crippen molar-refractivity contribution in [2.45, 2.75) is 39.2 Å². The molecular weight excluding hydrogens is 242 g/mol. The molecule has 0 saturated carbocycles. The standard InChI is InChI=1S/C15H21NO3/c1-15(2,3)19-14(18)16-8-6-12-10-11(7-9-17)4-5-13(12)16/h4-5,10,17H,6-9H2,1-3H3. The Hall–Kier alpha value is -1.55. The first-order valence-electron chi connectivity index (χ1n) is 6.64. The van der Waals surface area contributed by atoms with Crippen LogP contribution in [0.15, 0.2) is 18.2 Å². The summed E-state index contributed by atoms with van der Waals surface area (Å²) < 4.78 is 5.40. The van der Waals surface area contributed by atoms with Gasteiger partial charge in [-0.15, -0.1) is 0 Å². The van der Waals surface area contributed by atoms with E-state index < -0.39 is 5.60 Å². The lowest BCUT2D eigenvalue weighted by atomic mass is 10.1. The monoisotopic (exact) mass is 263 g/mol. The summed E-state index contributed by atoms with van der Waals surface area (Å²) in [4.78, 5) is 13.8. The number of aliphatic hydroxyl groups is 1. The van der Waals surface area contributed by atoms with Crippen molar-refractivity contribution in [1.29, 1.82) is 0 Å². The average molecular weight is 263 g/mol. The van der Waals surface area contributed by atoms with Gasteiger partial charge in [-0.3, -0.25) is 4.90 Å². The summed E-state index contributed by atoms with van der Waals surface area (Å²) in [6, 6.07) is 5.96. The number of amides is 1. The Labute approximate surface area is 114 Å². The zero-order valence-electron chi connectivity index (χ0n) is 11.8. The van der Waals surface area contributed by atoms with Crippen LogP contribution in [0.5, 0.6) is 0 Å². The Morgan fingerprint density at radius 1 is 1.42 bits per heavy atom. The van der Waals surface area contributed by atoms with Crippen LogP contribution in [0, 0.1) is 0 Å². The quantitative estimate of drug-likeness (QED) is 0.892. The van der Waals surface area contributed by atoms with Crippen LogP contribution in [0.25, 0.3) is 0 Å². The molecule has 0 bridgehead atoms. The van der Waals surface area contributed by atoms with Gasteiger partial charge in [0, 0.05) is 13.2 Å². The molecule has 1 aromatic carbocycles. The van der Waals surface area contributed by atoms with Gasteiger partial charge in [0.15, 0.2) is 0 Å². The molecule has 1 heterocycles. The number of carbonyl (C=O) groups excluding carboxylic acids is 1. The van der Waals surface area contributed by atoms with Gasteiger partial charge in [-0.05, 0) is 50.8 Å². The highest BCUT2D eigenvalue weighted by molar-refractivity contribution is 5.90. The Bertz CT molecular complexity index is 477. The number of anilines is 1. The zero-order valence-corrected chi connectivity index (χ0v) is 11.8. The number of ether oxygens (including phenoxy) is 1. The zero-order chi connectivity index (χ0) is 14.0. The smallest absolute Gasteiger partial charge is 0.414 e. The fraction of sp³-hybridized carbons (Fsp3) is 0.533. The van der Waals surface area contributed by atoms with Gasteiger partial charge in [0.1, 0.15) is 5.60 Å². The lowest BCUT2D eigenvalue weighted by Crippen LogP contribution is -2.35. The van der Waals surface area contributed by atoms with Crippen LogP contribution in [-0.2, 0) is 17.6 Å². The van der Waals surface area contributed by atoms with Crippen molar-refractivity contribution in [3.8, 4) is 0 Å². The number of rotatable bonds is 2. The number of benzene rings is 1. The molecule has 2 rings (SSSR count). The Kier molecular flexibility index (Phi) is 3.80. The lowest BCUT2D eigenvalue weighted by molar-refractivity contribution is 0.0584. The molecule has 1 amide bonds. The van der Waals surface area contributed by atoms with Crippen LogP contribution in [-0.4, -0.2) is 30.0 Å². The van der Waals surface area contributed by atoms with Crippen molar-refractivity contribution in [1.82, 2.24) is 0 Å². The third-order valence-corrected chi connectivity index (χ3v) is 3.05. The molecule has 1 N–H and O–H groups in total. The third kappa shape index (κ3) is 3.26. The Morgan fingerprint density at radius 2 is 2.16 bits per heavy atom. The molecule has 0 atom stereocenters. The van der Waals surface area contributed by atoms with Gasteiger partial charge in [-0.1, -0.05) is 12.1 Å². The molecule has 19 heavy (non-hydrogen) atoms. The highest BCUT2D eigenvalue weighted by Gasteiger charge is 2.28. The molecule has 1 aliphatic heterocycles. The topological polar surface area (TPSA) is 49.8 Å². The highest BCUT2D eigenvalue weighted by atomic mass is 16.6. The second-order valence-corrected chi connectivity index (χ2v) is 5.82. The minimum Gasteiger partial charge on any atom is -0.443 e. The molecular formula is C15H21NO3. The molecule has 0 radical (unpaired) electrons. The van der Waals surface area contributed by atoms with E-state index in [0.29, 0.717) is 13.0 Å². The van der Waals surface area contributed by atoms with Crippen molar-refractivity contribution < 1.29 is 14.6 Å². The molecule has 1 aliphatic rings. The van der Waals surface area contributed by atoms with E-state index in [0.717, 1.165) is 23.2 Å². The van der Waals surface area contributed by atoms with Crippen LogP contribution >= 0.6 is 0 Å². The largest absolute Gasteiger partial charge is 0.443 e. The fourth-order valence-electron chi connectivity index (χ4n) is 2.25. The number of carbonyl (C=O) groups is 1. The van der Waals surface area contributed by atoms with E-state index in [2.05, 4.69) is 6.07 Å². The second-order valence-electron chi connectivity index (χ2n) is 5.82. The van der Waals surface area contributed by atoms with Crippen LogP contribution in [0.3, 0.4) is 0 Å². The highest BCUT2D eigenvalue weighted by Crippen LogP contribution is 2.30. The summed E-state index contributed by atoms with van der Waals surface area (Å²) in [6.45, 7) is 6.41. The number of aliphatic hydroxyl groups excluding tert-OH is 1. The van der Waals surface area contributed by atoms with E-state index in [9.17, 15) is 4.79 Å². The van der Waals surface area contributed by atoms with Crippen molar-refractivity contribution in [2.75, 3.05) is 18.1 Å². The maximum atomic E-state index is 12.1. The third-order valence-electron chi connectivity index (χ3n) is 3.05. The number of hydrogen-bond acceptors (Lipinski definition) is 3. The lowest BCUT2D eigenvalue weighted by Gasteiger charge is -2.24. The first kappa shape index (κ1) is 13.9. The summed E-state index contributed by atoms with van der Waals surface area (Å²) in [5.41, 5.74) is 2.71. The summed E-state index contributed by atoms with van der Waals surface area (Å²) >= 11 is 0. The van der Waals surface area contributed by atoms with E-state index in [-0.39, 0.29) is 12.7 Å². The summed E-state index contributed by atoms with van der Waals surface area (Å²) in [6.07, 6.45) is 1.20. The van der Waals surface area contributed by atoms with Crippen LogP contribution in [0.1, 0.15) is 31.9 Å². The van der Waals surface area contributed by atoms with E-state index in [1.54, 1.807) is 4.90 Å². The van der Waals surface area contributed by atoms with Gasteiger partial charge in [-0.25, -0.2) is 4.79 Å². The van der Waals surface area contributed by atoms with Crippen molar-refractivity contribution in [2.24, 2.45) is 0 Å². The van der Waals surface area contributed by atoms with Crippen LogP contribution < -0.4 is 4.90 Å². The van der Waals surface area contributed by atoms with Crippen molar-refractivity contribution in [3.05, 3.63) is 29.3 Å².